The van der Waals surface area contributed by atoms with Crippen LogP contribution in [-0.2, 0) is 0 Å². The number of carbonyl (C=O) groups is 2. The standard InChI is InChI=1S/C11H8O2S2/c1-7(12)9-5-15-6-10(9)11(13)8-2-3-14-4-8/h2-6H,1H3. The fourth-order valence-corrected chi connectivity index (χ4v) is 2.80. The van der Waals surface area contributed by atoms with Crippen molar-refractivity contribution in [2.24, 2.45) is 0 Å². The van der Waals surface area contributed by atoms with Crippen LogP contribution in [0.15, 0.2) is 27.6 Å². The molecule has 0 spiro atoms. The smallest absolute Gasteiger partial charge is 0.195 e. The molecule has 15 heavy (non-hydrogen) atoms. The summed E-state index contributed by atoms with van der Waals surface area (Å²) in [6, 6.07) is 1.77. The van der Waals surface area contributed by atoms with Gasteiger partial charge in [0.15, 0.2) is 11.6 Å². The Morgan fingerprint density at radius 1 is 1.07 bits per heavy atom. The molecule has 4 heteroatoms. The Hall–Kier alpha value is -1.26. The van der Waals surface area contributed by atoms with Gasteiger partial charge < -0.3 is 0 Å². The summed E-state index contributed by atoms with van der Waals surface area (Å²) in [5, 5.41) is 7.11. The molecule has 0 saturated heterocycles. The largest absolute Gasteiger partial charge is 0.294 e. The van der Waals surface area contributed by atoms with Gasteiger partial charge in [0.25, 0.3) is 0 Å². The fraction of sp³-hybridized carbons (Fsp3) is 0.0909. The van der Waals surface area contributed by atoms with Crippen molar-refractivity contribution >= 4 is 34.2 Å². The molecule has 0 bridgehead atoms. The van der Waals surface area contributed by atoms with Gasteiger partial charge in [0.1, 0.15) is 0 Å². The van der Waals surface area contributed by atoms with Crippen LogP contribution in [-0.4, -0.2) is 11.6 Å². The lowest BCUT2D eigenvalue weighted by Crippen LogP contribution is -2.04. The topological polar surface area (TPSA) is 34.1 Å². The summed E-state index contributed by atoms with van der Waals surface area (Å²) in [6.07, 6.45) is 0. The highest BCUT2D eigenvalue weighted by Gasteiger charge is 2.17. The van der Waals surface area contributed by atoms with Crippen LogP contribution in [0.1, 0.15) is 33.2 Å². The van der Waals surface area contributed by atoms with E-state index < -0.39 is 0 Å². The summed E-state index contributed by atoms with van der Waals surface area (Å²) in [5.41, 5.74) is 1.70. The van der Waals surface area contributed by atoms with E-state index in [0.29, 0.717) is 16.7 Å². The molecule has 76 valence electrons. The Morgan fingerprint density at radius 3 is 2.40 bits per heavy atom. The van der Waals surface area contributed by atoms with E-state index in [-0.39, 0.29) is 11.6 Å². The maximum absolute atomic E-state index is 12.0. The first-order valence-corrected chi connectivity index (χ1v) is 6.22. The Kier molecular flexibility index (Phi) is 2.79. The van der Waals surface area contributed by atoms with Gasteiger partial charge >= 0.3 is 0 Å². The highest BCUT2D eigenvalue weighted by molar-refractivity contribution is 7.09. The average molecular weight is 236 g/mol. The second kappa shape index (κ2) is 4.08. The summed E-state index contributed by atoms with van der Waals surface area (Å²) in [5.74, 6) is -0.127. The maximum Gasteiger partial charge on any atom is 0.195 e. The van der Waals surface area contributed by atoms with Crippen LogP contribution in [0, 0.1) is 0 Å². The molecule has 0 amide bonds. The van der Waals surface area contributed by atoms with Crippen molar-refractivity contribution in [1.82, 2.24) is 0 Å². The summed E-state index contributed by atoms with van der Waals surface area (Å²) in [4.78, 5) is 23.2. The number of hydrogen-bond donors (Lipinski definition) is 0. The SMILES string of the molecule is CC(=O)c1cscc1C(=O)c1ccsc1. The van der Waals surface area contributed by atoms with Crippen LogP contribution < -0.4 is 0 Å². The van der Waals surface area contributed by atoms with Crippen LogP contribution >= 0.6 is 22.7 Å². The van der Waals surface area contributed by atoms with Crippen molar-refractivity contribution in [3.8, 4) is 0 Å². The highest BCUT2D eigenvalue weighted by atomic mass is 32.1. The van der Waals surface area contributed by atoms with Crippen molar-refractivity contribution in [3.63, 3.8) is 0 Å². The third kappa shape index (κ3) is 1.91. The van der Waals surface area contributed by atoms with Gasteiger partial charge in [0.2, 0.25) is 0 Å². The lowest BCUT2D eigenvalue weighted by atomic mass is 10.0. The zero-order valence-corrected chi connectivity index (χ0v) is 9.65. The summed E-state index contributed by atoms with van der Waals surface area (Å²) >= 11 is 2.86. The van der Waals surface area contributed by atoms with Crippen LogP contribution in [0.25, 0.3) is 0 Å². The fourth-order valence-electron chi connectivity index (χ4n) is 1.29. The Balaban J connectivity index is 2.42. The number of hydrogen-bond acceptors (Lipinski definition) is 4. The van der Waals surface area contributed by atoms with Crippen molar-refractivity contribution in [2.45, 2.75) is 6.92 Å². The molecule has 2 aromatic rings. The van der Waals surface area contributed by atoms with E-state index in [1.54, 1.807) is 22.2 Å². The van der Waals surface area contributed by atoms with Crippen LogP contribution in [0.4, 0.5) is 0 Å². The van der Waals surface area contributed by atoms with Gasteiger partial charge in [-0.2, -0.15) is 22.7 Å². The molecule has 2 nitrogen and oxygen atoms in total. The quantitative estimate of drug-likeness (QED) is 0.767. The van der Waals surface area contributed by atoms with Crippen molar-refractivity contribution < 1.29 is 9.59 Å². The molecular formula is C11H8O2S2. The van der Waals surface area contributed by atoms with E-state index in [0.717, 1.165) is 0 Å². The molecule has 0 aromatic carbocycles. The lowest BCUT2D eigenvalue weighted by molar-refractivity contribution is 0.0991. The van der Waals surface area contributed by atoms with Crippen LogP contribution in [0.3, 0.4) is 0 Å². The third-order valence-electron chi connectivity index (χ3n) is 2.07. The van der Waals surface area contributed by atoms with Crippen LogP contribution in [0.5, 0.6) is 0 Å². The lowest BCUT2D eigenvalue weighted by Gasteiger charge is -1.97. The number of thiophene rings is 2. The third-order valence-corrected chi connectivity index (χ3v) is 3.50. The molecule has 0 aliphatic heterocycles. The zero-order chi connectivity index (χ0) is 10.8. The minimum atomic E-state index is -0.0669. The molecule has 2 rings (SSSR count). The molecular weight excluding hydrogens is 228 g/mol. The minimum absolute atomic E-state index is 0.0603. The van der Waals surface area contributed by atoms with Gasteiger partial charge in [-0.25, -0.2) is 0 Å². The van der Waals surface area contributed by atoms with E-state index in [4.69, 9.17) is 0 Å². The zero-order valence-electron chi connectivity index (χ0n) is 8.02. The van der Waals surface area contributed by atoms with Crippen LogP contribution in [0.2, 0.25) is 0 Å². The summed E-state index contributed by atoms with van der Waals surface area (Å²) in [6.45, 7) is 1.48. The highest BCUT2D eigenvalue weighted by Crippen LogP contribution is 2.20. The van der Waals surface area contributed by atoms with Gasteiger partial charge in [0, 0.05) is 32.8 Å². The van der Waals surface area contributed by atoms with E-state index >= 15 is 0 Å². The van der Waals surface area contributed by atoms with Crippen molar-refractivity contribution in [3.05, 3.63) is 44.3 Å². The van der Waals surface area contributed by atoms with E-state index in [9.17, 15) is 9.59 Å². The van der Waals surface area contributed by atoms with Gasteiger partial charge in [-0.1, -0.05) is 0 Å². The maximum atomic E-state index is 12.0. The van der Waals surface area contributed by atoms with E-state index in [1.165, 1.54) is 29.6 Å². The number of carbonyl (C=O) groups excluding carboxylic acids is 2. The normalized spacial score (nSPS) is 10.2. The van der Waals surface area contributed by atoms with E-state index in [1.807, 2.05) is 5.38 Å². The molecule has 0 fully saturated rings. The second-order valence-corrected chi connectivity index (χ2v) is 4.62. The first-order chi connectivity index (χ1) is 7.20. The first kappa shape index (κ1) is 10.3. The first-order valence-electron chi connectivity index (χ1n) is 4.34. The Labute approximate surface area is 95.2 Å². The second-order valence-electron chi connectivity index (χ2n) is 3.10. The molecule has 0 aliphatic carbocycles. The summed E-state index contributed by atoms with van der Waals surface area (Å²) in [7, 11) is 0. The van der Waals surface area contributed by atoms with Crippen molar-refractivity contribution in [1.29, 1.82) is 0 Å². The van der Waals surface area contributed by atoms with Crippen molar-refractivity contribution in [2.75, 3.05) is 0 Å². The Morgan fingerprint density at radius 2 is 1.80 bits per heavy atom. The monoisotopic (exact) mass is 236 g/mol. The molecule has 0 atom stereocenters. The van der Waals surface area contributed by atoms with E-state index in [2.05, 4.69) is 0 Å². The molecule has 0 saturated carbocycles. The minimum Gasteiger partial charge on any atom is -0.294 e. The number of rotatable bonds is 3. The molecule has 2 heterocycles. The summed E-state index contributed by atoms with van der Waals surface area (Å²) < 4.78 is 0. The molecule has 0 N–H and O–H groups in total. The average Bonchev–Trinajstić information content (AvgIpc) is 2.88. The van der Waals surface area contributed by atoms with Gasteiger partial charge in [0.05, 0.1) is 0 Å². The number of ketones is 2. The van der Waals surface area contributed by atoms with Gasteiger partial charge in [-0.3, -0.25) is 9.59 Å². The molecule has 0 radical (unpaired) electrons. The molecule has 0 unspecified atom stereocenters. The van der Waals surface area contributed by atoms with Gasteiger partial charge in [-0.05, 0) is 18.4 Å². The predicted octanol–water partition coefficient (Wildman–Crippen LogP) is 3.24. The number of Topliss-reactive ketones (excluding diaryl/α,β-unsaturated/α-hetero) is 1. The molecule has 0 aliphatic rings. The predicted molar refractivity (Wildman–Crippen MR) is 62.1 cm³/mol. The molecule has 2 aromatic heterocycles. The Bertz CT molecular complexity index is 494. The van der Waals surface area contributed by atoms with Gasteiger partial charge in [-0.15, -0.1) is 0 Å².